The van der Waals surface area contributed by atoms with E-state index in [-0.39, 0.29) is 23.7 Å². The summed E-state index contributed by atoms with van der Waals surface area (Å²) in [7, 11) is 0. The van der Waals surface area contributed by atoms with Gasteiger partial charge in [-0.15, -0.1) is 0 Å². The Labute approximate surface area is 186 Å². The molecule has 0 spiro atoms. The van der Waals surface area contributed by atoms with Crippen LogP contribution in [0.1, 0.15) is 50.4 Å². The largest absolute Gasteiger partial charge is 0.340 e. The number of anilines is 2. The van der Waals surface area contributed by atoms with Crippen LogP contribution in [0.2, 0.25) is 0 Å². The molecule has 3 aromatic rings. The van der Waals surface area contributed by atoms with E-state index in [1.807, 2.05) is 23.1 Å². The Kier molecular flexibility index (Phi) is 5.79. The molecule has 1 aromatic carbocycles. The highest BCUT2D eigenvalue weighted by atomic mass is 19.1. The predicted octanol–water partition coefficient (Wildman–Crippen LogP) is 5.28. The third kappa shape index (κ3) is 4.33. The van der Waals surface area contributed by atoms with Crippen molar-refractivity contribution >= 4 is 17.4 Å². The Morgan fingerprint density at radius 1 is 1.03 bits per heavy atom. The van der Waals surface area contributed by atoms with Crippen LogP contribution >= 0.6 is 0 Å². The maximum atomic E-state index is 13.7. The minimum absolute atomic E-state index is 0.141. The molecule has 1 atom stereocenters. The molecule has 5 rings (SSSR count). The highest BCUT2D eigenvalue weighted by molar-refractivity contribution is 5.80. The van der Waals surface area contributed by atoms with Crippen LogP contribution in [0.5, 0.6) is 0 Å². The topological polar surface area (TPSA) is 71.0 Å². The number of rotatable bonds is 5. The molecule has 0 bridgehead atoms. The number of hydrogen-bond acceptors (Lipinski definition) is 5. The van der Waals surface area contributed by atoms with Crippen molar-refractivity contribution in [1.82, 2.24) is 19.9 Å². The van der Waals surface area contributed by atoms with Gasteiger partial charge in [0.05, 0.1) is 11.7 Å². The van der Waals surface area contributed by atoms with E-state index in [0.29, 0.717) is 17.3 Å². The monoisotopic (exact) mass is 431 g/mol. The van der Waals surface area contributed by atoms with Crippen LogP contribution in [-0.2, 0) is 4.79 Å². The normalized spacial score (nSPS) is 18.8. The maximum absolute atomic E-state index is 13.7. The van der Waals surface area contributed by atoms with E-state index in [0.717, 1.165) is 56.3 Å². The SMILES string of the molecule is O=C(C1CCC1)N1CCCC[C@@H]1c1nc(Nc2cccc(F)c2)cc(-c2cccnc2)n1. The summed E-state index contributed by atoms with van der Waals surface area (Å²) in [5.74, 6) is 1.25. The van der Waals surface area contributed by atoms with Gasteiger partial charge in [-0.2, -0.15) is 0 Å². The van der Waals surface area contributed by atoms with E-state index in [1.165, 1.54) is 12.1 Å². The first-order chi connectivity index (χ1) is 15.7. The molecule has 1 aliphatic heterocycles. The summed E-state index contributed by atoms with van der Waals surface area (Å²) in [6, 6.07) is 11.8. The highest BCUT2D eigenvalue weighted by Gasteiger charge is 2.36. The number of likely N-dealkylation sites (tertiary alicyclic amines) is 1. The Morgan fingerprint density at radius 2 is 1.94 bits per heavy atom. The molecule has 6 nitrogen and oxygen atoms in total. The van der Waals surface area contributed by atoms with Crippen LogP contribution in [0.3, 0.4) is 0 Å². The molecule has 2 aliphatic rings. The van der Waals surface area contributed by atoms with Crippen LogP contribution in [0.15, 0.2) is 54.9 Å². The van der Waals surface area contributed by atoms with E-state index in [1.54, 1.807) is 24.5 Å². The molecule has 1 amide bonds. The second-order valence-corrected chi connectivity index (χ2v) is 8.54. The molecule has 164 valence electrons. The fraction of sp³-hybridized carbons (Fsp3) is 0.360. The molecule has 2 fully saturated rings. The number of halogens is 1. The van der Waals surface area contributed by atoms with Crippen molar-refractivity contribution < 1.29 is 9.18 Å². The minimum atomic E-state index is -0.318. The summed E-state index contributed by atoms with van der Waals surface area (Å²) in [5.41, 5.74) is 2.20. The van der Waals surface area contributed by atoms with E-state index >= 15 is 0 Å². The molecule has 1 saturated heterocycles. The lowest BCUT2D eigenvalue weighted by atomic mass is 9.83. The Balaban J connectivity index is 1.53. The summed E-state index contributed by atoms with van der Waals surface area (Å²) in [4.78, 5) is 29.0. The molecular weight excluding hydrogens is 405 g/mol. The van der Waals surface area contributed by atoms with Gasteiger partial charge in [0.25, 0.3) is 0 Å². The number of hydrogen-bond donors (Lipinski definition) is 1. The number of carbonyl (C=O) groups excluding carboxylic acids is 1. The lowest BCUT2D eigenvalue weighted by molar-refractivity contribution is -0.142. The van der Waals surface area contributed by atoms with Gasteiger partial charge in [-0.1, -0.05) is 12.5 Å². The zero-order chi connectivity index (χ0) is 21.9. The fourth-order valence-electron chi connectivity index (χ4n) is 4.41. The average molecular weight is 432 g/mol. The molecule has 3 heterocycles. The highest BCUT2D eigenvalue weighted by Crippen LogP contribution is 2.36. The second kappa shape index (κ2) is 9.02. The number of pyridine rings is 1. The van der Waals surface area contributed by atoms with E-state index in [2.05, 4.69) is 10.3 Å². The summed E-state index contributed by atoms with van der Waals surface area (Å²) in [5, 5.41) is 3.21. The fourth-order valence-corrected chi connectivity index (χ4v) is 4.41. The van der Waals surface area contributed by atoms with E-state index in [9.17, 15) is 9.18 Å². The van der Waals surface area contributed by atoms with Crippen LogP contribution in [0.4, 0.5) is 15.9 Å². The molecule has 1 aliphatic carbocycles. The number of piperidine rings is 1. The number of nitrogens with one attached hydrogen (secondary N) is 1. The Bertz CT molecular complexity index is 1100. The van der Waals surface area contributed by atoms with Crippen LogP contribution in [0.25, 0.3) is 11.3 Å². The number of benzene rings is 1. The zero-order valence-corrected chi connectivity index (χ0v) is 17.9. The van der Waals surface area contributed by atoms with Gasteiger partial charge in [-0.05, 0) is 62.4 Å². The van der Waals surface area contributed by atoms with Crippen molar-refractivity contribution in [2.45, 2.75) is 44.6 Å². The van der Waals surface area contributed by atoms with Crippen LogP contribution in [-0.4, -0.2) is 32.3 Å². The van der Waals surface area contributed by atoms with Crippen LogP contribution < -0.4 is 5.32 Å². The van der Waals surface area contributed by atoms with Gasteiger partial charge in [-0.3, -0.25) is 9.78 Å². The van der Waals surface area contributed by atoms with Gasteiger partial charge in [0.15, 0.2) is 5.82 Å². The average Bonchev–Trinajstić information content (AvgIpc) is 2.78. The molecule has 7 heteroatoms. The van der Waals surface area contributed by atoms with E-state index in [4.69, 9.17) is 9.97 Å². The number of aromatic nitrogens is 3. The lowest BCUT2D eigenvalue weighted by Gasteiger charge is -2.39. The lowest BCUT2D eigenvalue weighted by Crippen LogP contribution is -2.44. The van der Waals surface area contributed by atoms with Crippen molar-refractivity contribution in [1.29, 1.82) is 0 Å². The first kappa shape index (κ1) is 20.5. The number of amides is 1. The van der Waals surface area contributed by atoms with Gasteiger partial charge in [0.1, 0.15) is 11.6 Å². The third-order valence-corrected chi connectivity index (χ3v) is 6.34. The first-order valence-electron chi connectivity index (χ1n) is 11.3. The minimum Gasteiger partial charge on any atom is -0.340 e. The number of nitrogens with zero attached hydrogens (tertiary/aromatic N) is 4. The van der Waals surface area contributed by atoms with Gasteiger partial charge < -0.3 is 10.2 Å². The van der Waals surface area contributed by atoms with Crippen molar-refractivity contribution in [2.24, 2.45) is 5.92 Å². The molecule has 32 heavy (non-hydrogen) atoms. The smallest absolute Gasteiger partial charge is 0.226 e. The number of carbonyl (C=O) groups is 1. The molecule has 1 saturated carbocycles. The van der Waals surface area contributed by atoms with E-state index < -0.39 is 0 Å². The van der Waals surface area contributed by atoms with Gasteiger partial charge in [-0.25, -0.2) is 14.4 Å². The Hall–Kier alpha value is -3.35. The third-order valence-electron chi connectivity index (χ3n) is 6.34. The van der Waals surface area contributed by atoms with Gasteiger partial charge in [0, 0.05) is 42.2 Å². The standard InChI is InChI=1S/C25H26FN5O/c26-19-9-4-10-20(14-19)28-23-15-21(18-8-5-12-27-16-18)29-24(30-23)22-11-1-2-13-31(22)25(32)17-6-3-7-17/h4-5,8-10,12,14-17,22H,1-3,6-7,11,13H2,(H,28,29,30)/t22-/m1/s1. The van der Waals surface area contributed by atoms with Crippen LogP contribution in [0, 0.1) is 11.7 Å². The molecule has 0 radical (unpaired) electrons. The van der Waals surface area contributed by atoms with Gasteiger partial charge in [0.2, 0.25) is 5.91 Å². The quantitative estimate of drug-likeness (QED) is 0.595. The second-order valence-electron chi connectivity index (χ2n) is 8.54. The molecular formula is C25H26FN5O. The predicted molar refractivity (Wildman–Crippen MR) is 121 cm³/mol. The summed E-state index contributed by atoms with van der Waals surface area (Å²) in [6.45, 7) is 0.743. The van der Waals surface area contributed by atoms with Crippen molar-refractivity contribution in [2.75, 3.05) is 11.9 Å². The van der Waals surface area contributed by atoms with Crippen molar-refractivity contribution in [3.8, 4) is 11.3 Å². The summed E-state index contributed by atoms with van der Waals surface area (Å²) >= 11 is 0. The first-order valence-corrected chi connectivity index (χ1v) is 11.3. The van der Waals surface area contributed by atoms with Crippen molar-refractivity contribution in [3.05, 3.63) is 66.5 Å². The summed E-state index contributed by atoms with van der Waals surface area (Å²) < 4.78 is 13.7. The molecule has 0 unspecified atom stereocenters. The Morgan fingerprint density at radius 3 is 2.69 bits per heavy atom. The summed E-state index contributed by atoms with van der Waals surface area (Å²) in [6.07, 6.45) is 9.44. The zero-order valence-electron chi connectivity index (χ0n) is 17.9. The maximum Gasteiger partial charge on any atom is 0.226 e. The van der Waals surface area contributed by atoms with Crippen molar-refractivity contribution in [3.63, 3.8) is 0 Å². The molecule has 2 aromatic heterocycles. The van der Waals surface area contributed by atoms with Gasteiger partial charge >= 0.3 is 0 Å². The molecule has 1 N–H and O–H groups in total.